The van der Waals surface area contributed by atoms with Gasteiger partial charge in [-0.3, -0.25) is 4.79 Å². The number of carbonyl (C=O) groups excluding carboxylic acids is 1. The standard InChI is InChI=1S/C21H24N2O2/c1-4-13-25-20-8-6-5-7-18(20)15-22-14-17-9-11-19(12-10-17)23-21(24)16(2)3/h1,5-12,16,22H,13-15H2,2-3H3,(H,23,24). The number of carbonyl (C=O) groups is 1. The normalized spacial score (nSPS) is 10.3. The van der Waals surface area contributed by atoms with Crippen molar-refractivity contribution in [3.05, 3.63) is 59.7 Å². The van der Waals surface area contributed by atoms with E-state index in [1.54, 1.807) is 0 Å². The maximum Gasteiger partial charge on any atom is 0.226 e. The van der Waals surface area contributed by atoms with Gasteiger partial charge in [0.25, 0.3) is 0 Å². The molecule has 2 rings (SSSR count). The van der Waals surface area contributed by atoms with E-state index in [9.17, 15) is 4.79 Å². The summed E-state index contributed by atoms with van der Waals surface area (Å²) in [7, 11) is 0. The van der Waals surface area contributed by atoms with Gasteiger partial charge in [-0.2, -0.15) is 0 Å². The Bertz CT molecular complexity index is 730. The molecule has 4 heteroatoms. The van der Waals surface area contributed by atoms with Gasteiger partial charge in [-0.25, -0.2) is 0 Å². The van der Waals surface area contributed by atoms with Crippen molar-refractivity contribution in [2.45, 2.75) is 26.9 Å². The van der Waals surface area contributed by atoms with E-state index in [2.05, 4.69) is 16.6 Å². The Labute approximate surface area is 149 Å². The van der Waals surface area contributed by atoms with Gasteiger partial charge in [0.2, 0.25) is 5.91 Å². The van der Waals surface area contributed by atoms with Crippen molar-refractivity contribution in [3.8, 4) is 18.1 Å². The number of para-hydroxylation sites is 1. The van der Waals surface area contributed by atoms with Crippen LogP contribution in [0.1, 0.15) is 25.0 Å². The van der Waals surface area contributed by atoms with Crippen LogP contribution >= 0.6 is 0 Å². The monoisotopic (exact) mass is 336 g/mol. The van der Waals surface area contributed by atoms with Crippen LogP contribution < -0.4 is 15.4 Å². The molecule has 0 radical (unpaired) electrons. The maximum absolute atomic E-state index is 11.7. The summed E-state index contributed by atoms with van der Waals surface area (Å²) >= 11 is 0. The molecule has 25 heavy (non-hydrogen) atoms. The molecule has 0 atom stereocenters. The minimum atomic E-state index is -0.0295. The lowest BCUT2D eigenvalue weighted by molar-refractivity contribution is -0.118. The molecule has 0 aliphatic heterocycles. The van der Waals surface area contributed by atoms with Crippen molar-refractivity contribution in [1.29, 1.82) is 0 Å². The van der Waals surface area contributed by atoms with Gasteiger partial charge < -0.3 is 15.4 Å². The van der Waals surface area contributed by atoms with Crippen LogP contribution in [-0.2, 0) is 17.9 Å². The fraction of sp³-hybridized carbons (Fsp3) is 0.286. The summed E-state index contributed by atoms with van der Waals surface area (Å²) in [4.78, 5) is 11.7. The molecule has 0 spiro atoms. The Morgan fingerprint density at radius 3 is 2.52 bits per heavy atom. The molecule has 0 aromatic heterocycles. The van der Waals surface area contributed by atoms with E-state index in [0.717, 1.165) is 29.1 Å². The molecule has 0 saturated heterocycles. The van der Waals surface area contributed by atoms with Crippen LogP contribution in [0, 0.1) is 18.3 Å². The van der Waals surface area contributed by atoms with Crippen LogP contribution in [-0.4, -0.2) is 12.5 Å². The first-order chi connectivity index (χ1) is 12.1. The lowest BCUT2D eigenvalue weighted by atomic mass is 10.1. The summed E-state index contributed by atoms with van der Waals surface area (Å²) in [5, 5.41) is 6.28. The molecule has 2 aromatic rings. The van der Waals surface area contributed by atoms with Crippen molar-refractivity contribution in [2.24, 2.45) is 5.92 Å². The second-order valence-electron chi connectivity index (χ2n) is 6.04. The Kier molecular flexibility index (Phi) is 7.06. The average molecular weight is 336 g/mol. The second-order valence-corrected chi connectivity index (χ2v) is 6.04. The van der Waals surface area contributed by atoms with Crippen LogP contribution in [0.2, 0.25) is 0 Å². The molecule has 2 N–H and O–H groups in total. The van der Waals surface area contributed by atoms with E-state index in [4.69, 9.17) is 11.2 Å². The highest BCUT2D eigenvalue weighted by molar-refractivity contribution is 5.92. The highest BCUT2D eigenvalue weighted by Gasteiger charge is 2.07. The average Bonchev–Trinajstić information content (AvgIpc) is 2.62. The topological polar surface area (TPSA) is 50.4 Å². The van der Waals surface area contributed by atoms with E-state index in [1.165, 1.54) is 0 Å². The number of rotatable bonds is 8. The molecule has 2 aromatic carbocycles. The molecular formula is C21H24N2O2. The molecule has 0 heterocycles. The van der Waals surface area contributed by atoms with E-state index < -0.39 is 0 Å². The maximum atomic E-state index is 11.7. The van der Waals surface area contributed by atoms with E-state index in [1.807, 2.05) is 62.4 Å². The molecule has 0 saturated carbocycles. The minimum Gasteiger partial charge on any atom is -0.481 e. The molecule has 0 unspecified atom stereocenters. The number of anilines is 1. The predicted octanol–water partition coefficient (Wildman–Crippen LogP) is 3.58. The Balaban J connectivity index is 1.86. The first kappa shape index (κ1) is 18.6. The number of ether oxygens (including phenoxy) is 1. The number of benzene rings is 2. The number of terminal acetylenes is 1. The number of amides is 1. The molecule has 0 bridgehead atoms. The van der Waals surface area contributed by atoms with Crippen LogP contribution in [0.3, 0.4) is 0 Å². The fourth-order valence-corrected chi connectivity index (χ4v) is 2.24. The van der Waals surface area contributed by atoms with Gasteiger partial charge in [-0.15, -0.1) is 6.42 Å². The largest absolute Gasteiger partial charge is 0.481 e. The number of nitrogens with one attached hydrogen (secondary N) is 2. The van der Waals surface area contributed by atoms with Crippen molar-refractivity contribution in [3.63, 3.8) is 0 Å². The van der Waals surface area contributed by atoms with Crippen molar-refractivity contribution >= 4 is 11.6 Å². The summed E-state index contributed by atoms with van der Waals surface area (Å²) < 4.78 is 5.54. The predicted molar refractivity (Wildman–Crippen MR) is 101 cm³/mol. The first-order valence-corrected chi connectivity index (χ1v) is 8.35. The zero-order chi connectivity index (χ0) is 18.1. The lowest BCUT2D eigenvalue weighted by Gasteiger charge is -2.11. The quantitative estimate of drug-likeness (QED) is 0.725. The first-order valence-electron chi connectivity index (χ1n) is 8.35. The summed E-state index contributed by atoms with van der Waals surface area (Å²) in [5.41, 5.74) is 3.03. The van der Waals surface area contributed by atoms with Crippen molar-refractivity contribution in [1.82, 2.24) is 5.32 Å². The van der Waals surface area contributed by atoms with E-state index in [-0.39, 0.29) is 18.4 Å². The summed E-state index contributed by atoms with van der Waals surface area (Å²) in [6, 6.07) is 15.7. The van der Waals surface area contributed by atoms with Gasteiger partial charge >= 0.3 is 0 Å². The zero-order valence-corrected chi connectivity index (χ0v) is 14.7. The van der Waals surface area contributed by atoms with Gasteiger partial charge in [0.15, 0.2) is 0 Å². The molecular weight excluding hydrogens is 312 g/mol. The zero-order valence-electron chi connectivity index (χ0n) is 14.7. The summed E-state index contributed by atoms with van der Waals surface area (Å²) in [5.74, 6) is 3.28. The van der Waals surface area contributed by atoms with Crippen LogP contribution in [0.25, 0.3) is 0 Å². The third-order valence-corrected chi connectivity index (χ3v) is 3.67. The van der Waals surface area contributed by atoms with Gasteiger partial charge in [-0.1, -0.05) is 50.1 Å². The van der Waals surface area contributed by atoms with Gasteiger partial charge in [0.05, 0.1) is 0 Å². The molecule has 1 amide bonds. The van der Waals surface area contributed by atoms with Crippen LogP contribution in [0.15, 0.2) is 48.5 Å². The lowest BCUT2D eigenvalue weighted by Crippen LogP contribution is -2.17. The molecule has 4 nitrogen and oxygen atoms in total. The third-order valence-electron chi connectivity index (χ3n) is 3.67. The second kappa shape index (κ2) is 9.51. The Morgan fingerprint density at radius 2 is 1.84 bits per heavy atom. The highest BCUT2D eigenvalue weighted by Crippen LogP contribution is 2.18. The van der Waals surface area contributed by atoms with Gasteiger partial charge in [-0.05, 0) is 23.8 Å². The van der Waals surface area contributed by atoms with Gasteiger partial charge in [0, 0.05) is 30.3 Å². The fourth-order valence-electron chi connectivity index (χ4n) is 2.24. The summed E-state index contributed by atoms with van der Waals surface area (Å²) in [6.07, 6.45) is 5.24. The molecule has 0 fully saturated rings. The third kappa shape index (κ3) is 5.98. The van der Waals surface area contributed by atoms with Crippen molar-refractivity contribution < 1.29 is 9.53 Å². The number of hydrogen-bond donors (Lipinski definition) is 2. The molecule has 130 valence electrons. The van der Waals surface area contributed by atoms with Crippen molar-refractivity contribution in [2.75, 3.05) is 11.9 Å². The molecule has 0 aliphatic rings. The summed E-state index contributed by atoms with van der Waals surface area (Å²) in [6.45, 7) is 5.42. The Morgan fingerprint density at radius 1 is 1.12 bits per heavy atom. The van der Waals surface area contributed by atoms with Gasteiger partial charge in [0.1, 0.15) is 12.4 Å². The highest BCUT2D eigenvalue weighted by atomic mass is 16.5. The van der Waals surface area contributed by atoms with E-state index >= 15 is 0 Å². The van der Waals surface area contributed by atoms with E-state index in [0.29, 0.717) is 6.54 Å². The minimum absolute atomic E-state index is 0.0226. The Hall–Kier alpha value is -2.77. The SMILES string of the molecule is C#CCOc1ccccc1CNCc1ccc(NC(=O)C(C)C)cc1. The van der Waals surface area contributed by atoms with Crippen LogP contribution in [0.4, 0.5) is 5.69 Å². The van der Waals surface area contributed by atoms with Crippen LogP contribution in [0.5, 0.6) is 5.75 Å². The molecule has 0 aliphatic carbocycles. The smallest absolute Gasteiger partial charge is 0.226 e. The number of hydrogen-bond acceptors (Lipinski definition) is 3.